The number of amides is 1. The number of carbonyl (C=O) groups excluding carboxylic acids is 1. The number of halogens is 1. The summed E-state index contributed by atoms with van der Waals surface area (Å²) in [5.74, 6) is -0.0634. The first-order valence-corrected chi connectivity index (χ1v) is 11.7. The monoisotopic (exact) mass is 445 g/mol. The van der Waals surface area contributed by atoms with E-state index in [2.05, 4.69) is 39.5 Å². The molecule has 1 amide bonds. The highest BCUT2D eigenvalue weighted by Crippen LogP contribution is 2.37. The van der Waals surface area contributed by atoms with Crippen LogP contribution in [-0.4, -0.2) is 34.9 Å². The minimum atomic E-state index is -0.430. The van der Waals surface area contributed by atoms with Crippen LogP contribution in [0.3, 0.4) is 0 Å². The second-order valence-electron chi connectivity index (χ2n) is 9.42. The zero-order valence-corrected chi connectivity index (χ0v) is 19.4. The number of likely N-dealkylation sites (tertiary alicyclic amines) is 1. The van der Waals surface area contributed by atoms with Crippen molar-refractivity contribution in [3.05, 3.63) is 90.0 Å². The number of benzene rings is 2. The van der Waals surface area contributed by atoms with Gasteiger partial charge in [-0.05, 0) is 92.7 Å². The van der Waals surface area contributed by atoms with E-state index in [1.165, 1.54) is 11.6 Å². The van der Waals surface area contributed by atoms with Gasteiger partial charge < -0.3 is 5.32 Å². The highest BCUT2D eigenvalue weighted by molar-refractivity contribution is 5.83. The third-order valence-electron chi connectivity index (χ3n) is 6.52. The summed E-state index contributed by atoms with van der Waals surface area (Å²) in [5.41, 5.74) is 3.99. The molecule has 0 aliphatic carbocycles. The summed E-state index contributed by atoms with van der Waals surface area (Å²) in [4.78, 5) is 19.8. The Morgan fingerprint density at radius 1 is 1.00 bits per heavy atom. The molecule has 172 valence electrons. The van der Waals surface area contributed by atoms with Crippen molar-refractivity contribution in [3.8, 4) is 11.1 Å². The molecule has 2 heterocycles. The van der Waals surface area contributed by atoms with Crippen molar-refractivity contribution in [1.82, 2.24) is 15.2 Å². The Kier molecular flexibility index (Phi) is 7.19. The number of pyridine rings is 1. The maximum atomic E-state index is 13.6. The largest absolute Gasteiger partial charge is 0.353 e. The van der Waals surface area contributed by atoms with Gasteiger partial charge >= 0.3 is 0 Å². The molecule has 0 saturated carbocycles. The van der Waals surface area contributed by atoms with Gasteiger partial charge in [0.15, 0.2) is 0 Å². The summed E-state index contributed by atoms with van der Waals surface area (Å²) in [6, 6.07) is 19.4. The van der Waals surface area contributed by atoms with E-state index in [9.17, 15) is 9.18 Å². The molecule has 0 radical (unpaired) electrons. The molecule has 1 N–H and O–H groups in total. The summed E-state index contributed by atoms with van der Waals surface area (Å²) >= 11 is 0. The number of carbonyl (C=O) groups is 1. The maximum Gasteiger partial charge on any atom is 0.226 e. The predicted molar refractivity (Wildman–Crippen MR) is 130 cm³/mol. The molecule has 1 fully saturated rings. The van der Waals surface area contributed by atoms with Crippen LogP contribution in [0.2, 0.25) is 0 Å². The lowest BCUT2D eigenvalue weighted by Crippen LogP contribution is -2.51. The second kappa shape index (κ2) is 10.3. The van der Waals surface area contributed by atoms with Crippen LogP contribution in [0.15, 0.2) is 73.1 Å². The van der Waals surface area contributed by atoms with Gasteiger partial charge in [0.05, 0.1) is 5.41 Å². The van der Waals surface area contributed by atoms with Gasteiger partial charge in [0.2, 0.25) is 5.91 Å². The van der Waals surface area contributed by atoms with E-state index >= 15 is 0 Å². The van der Waals surface area contributed by atoms with Crippen LogP contribution in [0, 0.1) is 11.2 Å². The van der Waals surface area contributed by atoms with Gasteiger partial charge in [-0.3, -0.25) is 14.7 Å². The number of nitrogens with one attached hydrogen (secondary N) is 1. The number of hydrogen-bond acceptors (Lipinski definition) is 3. The minimum absolute atomic E-state index is 0.105. The van der Waals surface area contributed by atoms with Gasteiger partial charge in [-0.15, -0.1) is 0 Å². The standard InChI is InChI=1S/C28H32FN3O/c1-21(2)31-27(33)28(12-16-32(17-13-28)20-23-4-3-5-26(29)18-23)19-22-6-8-24(9-7-22)25-10-14-30-15-11-25/h3-11,14-15,18,21H,12-13,16-17,19-20H2,1-2H3,(H,31,33). The van der Waals surface area contributed by atoms with Gasteiger partial charge in [0, 0.05) is 25.0 Å². The molecule has 1 aliphatic heterocycles. The van der Waals surface area contributed by atoms with Gasteiger partial charge in [-0.25, -0.2) is 4.39 Å². The van der Waals surface area contributed by atoms with Gasteiger partial charge in [0.1, 0.15) is 5.82 Å². The first kappa shape index (κ1) is 23.1. The molecule has 0 unspecified atom stereocenters. The van der Waals surface area contributed by atoms with Crippen LogP contribution >= 0.6 is 0 Å². The Morgan fingerprint density at radius 3 is 2.30 bits per heavy atom. The number of hydrogen-bond donors (Lipinski definition) is 1. The lowest BCUT2D eigenvalue weighted by atomic mass is 9.72. The zero-order valence-electron chi connectivity index (χ0n) is 19.4. The summed E-state index contributed by atoms with van der Waals surface area (Å²) < 4.78 is 13.6. The fourth-order valence-electron chi connectivity index (χ4n) is 4.68. The maximum absolute atomic E-state index is 13.6. The zero-order chi connectivity index (χ0) is 23.3. The Balaban J connectivity index is 1.48. The molecule has 4 rings (SSSR count). The number of piperidine rings is 1. The Morgan fingerprint density at radius 2 is 1.67 bits per heavy atom. The van der Waals surface area contributed by atoms with Crippen molar-refractivity contribution in [2.24, 2.45) is 5.41 Å². The molecule has 4 nitrogen and oxygen atoms in total. The molecule has 1 saturated heterocycles. The highest BCUT2D eigenvalue weighted by atomic mass is 19.1. The lowest BCUT2D eigenvalue weighted by Gasteiger charge is -2.41. The van der Waals surface area contributed by atoms with Crippen molar-refractivity contribution in [2.75, 3.05) is 13.1 Å². The van der Waals surface area contributed by atoms with E-state index in [0.717, 1.165) is 49.0 Å². The van der Waals surface area contributed by atoms with E-state index in [1.54, 1.807) is 24.5 Å². The average Bonchev–Trinajstić information content (AvgIpc) is 2.81. The molecule has 5 heteroatoms. The first-order valence-electron chi connectivity index (χ1n) is 11.7. The molecular formula is C28H32FN3O. The molecule has 2 aromatic carbocycles. The quantitative estimate of drug-likeness (QED) is 0.541. The van der Waals surface area contributed by atoms with Gasteiger partial charge in [-0.2, -0.15) is 0 Å². The predicted octanol–water partition coefficient (Wildman–Crippen LogP) is 5.24. The molecule has 1 aromatic heterocycles. The Bertz CT molecular complexity index is 1060. The van der Waals surface area contributed by atoms with Crippen LogP contribution < -0.4 is 5.32 Å². The molecule has 33 heavy (non-hydrogen) atoms. The van der Waals surface area contributed by atoms with Crippen LogP contribution in [-0.2, 0) is 17.8 Å². The second-order valence-corrected chi connectivity index (χ2v) is 9.42. The summed E-state index contributed by atoms with van der Waals surface area (Å²) in [5, 5.41) is 3.17. The van der Waals surface area contributed by atoms with Crippen LogP contribution in [0.4, 0.5) is 4.39 Å². The van der Waals surface area contributed by atoms with E-state index in [1.807, 2.05) is 32.0 Å². The van der Waals surface area contributed by atoms with E-state index in [0.29, 0.717) is 6.54 Å². The number of aromatic nitrogens is 1. The van der Waals surface area contributed by atoms with Crippen molar-refractivity contribution >= 4 is 5.91 Å². The van der Waals surface area contributed by atoms with Gasteiger partial charge in [-0.1, -0.05) is 36.4 Å². The molecule has 3 aromatic rings. The highest BCUT2D eigenvalue weighted by Gasteiger charge is 2.41. The topological polar surface area (TPSA) is 45.2 Å². The fraction of sp³-hybridized carbons (Fsp3) is 0.357. The van der Waals surface area contributed by atoms with Crippen LogP contribution in [0.1, 0.15) is 37.8 Å². The van der Waals surface area contributed by atoms with Gasteiger partial charge in [0.25, 0.3) is 0 Å². The van der Waals surface area contributed by atoms with E-state index in [-0.39, 0.29) is 17.8 Å². The van der Waals surface area contributed by atoms with Crippen LogP contribution in [0.5, 0.6) is 0 Å². The lowest BCUT2D eigenvalue weighted by molar-refractivity contribution is -0.134. The Hall–Kier alpha value is -3.05. The SMILES string of the molecule is CC(C)NC(=O)C1(Cc2ccc(-c3ccncc3)cc2)CCN(Cc2cccc(F)c2)CC1. The average molecular weight is 446 g/mol. The van der Waals surface area contributed by atoms with Crippen LogP contribution in [0.25, 0.3) is 11.1 Å². The molecular weight excluding hydrogens is 413 g/mol. The molecule has 0 bridgehead atoms. The van der Waals surface area contributed by atoms with E-state index < -0.39 is 5.41 Å². The first-order chi connectivity index (χ1) is 15.9. The summed E-state index contributed by atoms with van der Waals surface area (Å²) in [6.07, 6.45) is 5.88. The summed E-state index contributed by atoms with van der Waals surface area (Å²) in [6.45, 7) is 6.36. The smallest absolute Gasteiger partial charge is 0.226 e. The number of nitrogens with zero attached hydrogens (tertiary/aromatic N) is 2. The Labute approximate surface area is 195 Å². The van der Waals surface area contributed by atoms with Crippen molar-refractivity contribution in [2.45, 2.75) is 45.7 Å². The van der Waals surface area contributed by atoms with Crippen molar-refractivity contribution < 1.29 is 9.18 Å². The minimum Gasteiger partial charge on any atom is -0.353 e. The normalized spacial score (nSPS) is 16.0. The molecule has 1 aliphatic rings. The third-order valence-corrected chi connectivity index (χ3v) is 6.52. The third kappa shape index (κ3) is 5.85. The molecule has 0 atom stereocenters. The van der Waals surface area contributed by atoms with Crippen molar-refractivity contribution in [1.29, 1.82) is 0 Å². The fourth-order valence-corrected chi connectivity index (χ4v) is 4.68. The van der Waals surface area contributed by atoms with E-state index in [4.69, 9.17) is 0 Å². The number of rotatable bonds is 7. The molecule has 0 spiro atoms. The summed E-state index contributed by atoms with van der Waals surface area (Å²) in [7, 11) is 0. The van der Waals surface area contributed by atoms with Crippen molar-refractivity contribution in [3.63, 3.8) is 0 Å².